The van der Waals surface area contributed by atoms with Crippen LogP contribution in [0, 0.1) is 23.2 Å². The number of amides is 1. The van der Waals surface area contributed by atoms with Crippen molar-refractivity contribution in [2.24, 2.45) is 23.2 Å². The lowest BCUT2D eigenvalue weighted by Gasteiger charge is -2.55. The predicted molar refractivity (Wildman–Crippen MR) is 100 cm³/mol. The van der Waals surface area contributed by atoms with Crippen molar-refractivity contribution in [2.75, 3.05) is 11.9 Å². The molecule has 27 heavy (non-hydrogen) atoms. The van der Waals surface area contributed by atoms with E-state index in [9.17, 15) is 4.79 Å². The lowest BCUT2D eigenvalue weighted by Crippen LogP contribution is -2.51. The number of benzene rings is 1. The molecule has 4 aliphatic carbocycles. The van der Waals surface area contributed by atoms with Gasteiger partial charge in [0.25, 0.3) is 0 Å². The largest absolute Gasteiger partial charge is 0.494 e. The first-order valence-electron chi connectivity index (χ1n) is 10.0. The molecule has 2 aromatic rings. The zero-order valence-electron chi connectivity index (χ0n) is 15.6. The Balaban J connectivity index is 1.30. The van der Waals surface area contributed by atoms with Gasteiger partial charge in [0, 0.05) is 5.56 Å². The van der Waals surface area contributed by atoms with Crippen LogP contribution in [0.3, 0.4) is 0 Å². The van der Waals surface area contributed by atoms with Gasteiger partial charge in [0.2, 0.25) is 11.8 Å². The lowest BCUT2D eigenvalue weighted by atomic mass is 9.49. The third kappa shape index (κ3) is 3.01. The number of nitrogens with zero attached hydrogens (tertiary/aromatic N) is 2. The van der Waals surface area contributed by atoms with Crippen LogP contribution in [0.4, 0.5) is 6.01 Å². The van der Waals surface area contributed by atoms with Gasteiger partial charge in [-0.1, -0.05) is 5.10 Å². The highest BCUT2D eigenvalue weighted by molar-refractivity contribution is 5.94. The van der Waals surface area contributed by atoms with E-state index in [-0.39, 0.29) is 17.3 Å². The number of rotatable bonds is 5. The summed E-state index contributed by atoms with van der Waals surface area (Å²) < 4.78 is 11.2. The topological polar surface area (TPSA) is 77.3 Å². The molecule has 6 rings (SSSR count). The first kappa shape index (κ1) is 16.8. The van der Waals surface area contributed by atoms with E-state index in [0.29, 0.717) is 12.5 Å². The summed E-state index contributed by atoms with van der Waals surface area (Å²) in [6, 6.07) is 7.69. The summed E-state index contributed by atoms with van der Waals surface area (Å²) in [5, 5.41) is 11.0. The second-order valence-corrected chi connectivity index (χ2v) is 8.52. The monoisotopic (exact) mass is 367 g/mol. The summed E-state index contributed by atoms with van der Waals surface area (Å²) in [6.45, 7) is 2.57. The highest BCUT2D eigenvalue weighted by atomic mass is 16.5. The third-order valence-electron chi connectivity index (χ3n) is 6.58. The molecule has 0 saturated heterocycles. The van der Waals surface area contributed by atoms with Crippen LogP contribution in [-0.2, 0) is 4.79 Å². The molecular weight excluding hydrogens is 342 g/mol. The fraction of sp³-hybridized carbons (Fsp3) is 0.571. The smallest absolute Gasteiger partial charge is 0.322 e. The molecule has 0 aliphatic heterocycles. The maximum absolute atomic E-state index is 13.1. The van der Waals surface area contributed by atoms with Gasteiger partial charge >= 0.3 is 6.01 Å². The number of nitrogens with one attached hydrogen (secondary N) is 1. The van der Waals surface area contributed by atoms with Crippen LogP contribution in [0.5, 0.6) is 5.75 Å². The molecule has 6 nitrogen and oxygen atoms in total. The predicted octanol–water partition coefficient (Wildman–Crippen LogP) is 4.29. The van der Waals surface area contributed by atoms with Gasteiger partial charge in [-0.2, -0.15) is 0 Å². The molecule has 0 spiro atoms. The summed E-state index contributed by atoms with van der Waals surface area (Å²) in [5.41, 5.74) is 0.587. The standard InChI is InChI=1S/C21H25N3O3/c1-2-26-17-5-3-16(4-6-17)18-23-24-20(27-18)22-19(25)21-10-13-7-14(11-21)9-15(8-13)12-21/h3-6,13-15H,2,7-12H2,1H3,(H,22,24,25). The molecular formula is C21H25N3O3. The van der Waals surface area contributed by atoms with Crippen LogP contribution in [-0.4, -0.2) is 22.7 Å². The van der Waals surface area contributed by atoms with Crippen molar-refractivity contribution in [1.29, 1.82) is 0 Å². The molecule has 6 heteroatoms. The van der Waals surface area contributed by atoms with Crippen LogP contribution in [0.1, 0.15) is 45.4 Å². The average Bonchev–Trinajstić information content (AvgIpc) is 3.10. The van der Waals surface area contributed by atoms with Crippen molar-refractivity contribution in [3.8, 4) is 17.2 Å². The Morgan fingerprint density at radius 1 is 1.11 bits per heavy atom. The number of ether oxygens (including phenoxy) is 1. The quantitative estimate of drug-likeness (QED) is 0.853. The van der Waals surface area contributed by atoms with Crippen molar-refractivity contribution in [2.45, 2.75) is 45.4 Å². The Hall–Kier alpha value is -2.37. The molecule has 1 aromatic heterocycles. The number of carbonyl (C=O) groups excluding carboxylic acids is 1. The Morgan fingerprint density at radius 2 is 1.74 bits per heavy atom. The molecule has 0 unspecified atom stereocenters. The minimum absolute atomic E-state index is 0.0727. The lowest BCUT2D eigenvalue weighted by molar-refractivity contribution is -0.140. The van der Waals surface area contributed by atoms with E-state index in [1.165, 1.54) is 19.3 Å². The maximum Gasteiger partial charge on any atom is 0.322 e. The summed E-state index contributed by atoms with van der Waals surface area (Å²) >= 11 is 0. The van der Waals surface area contributed by atoms with E-state index in [1.807, 2.05) is 31.2 Å². The van der Waals surface area contributed by atoms with Crippen LogP contribution >= 0.6 is 0 Å². The second kappa shape index (κ2) is 6.36. The minimum Gasteiger partial charge on any atom is -0.494 e. The van der Waals surface area contributed by atoms with Gasteiger partial charge in [-0.15, -0.1) is 5.10 Å². The van der Waals surface area contributed by atoms with E-state index in [4.69, 9.17) is 9.15 Å². The number of carbonyl (C=O) groups is 1. The molecule has 4 fully saturated rings. The molecule has 0 atom stereocenters. The zero-order chi connectivity index (χ0) is 18.4. The molecule has 0 radical (unpaired) electrons. The van der Waals surface area contributed by atoms with Gasteiger partial charge in [-0.3, -0.25) is 10.1 Å². The third-order valence-corrected chi connectivity index (χ3v) is 6.58. The van der Waals surface area contributed by atoms with Crippen LogP contribution in [0.2, 0.25) is 0 Å². The van der Waals surface area contributed by atoms with Gasteiger partial charge in [0.15, 0.2) is 0 Å². The van der Waals surface area contributed by atoms with Gasteiger partial charge in [-0.05, 0) is 87.5 Å². The van der Waals surface area contributed by atoms with Crippen LogP contribution < -0.4 is 10.1 Å². The molecule has 1 heterocycles. The number of anilines is 1. The first-order valence-corrected chi connectivity index (χ1v) is 10.0. The summed E-state index contributed by atoms with van der Waals surface area (Å²) in [5.74, 6) is 3.45. The van der Waals surface area contributed by atoms with Crippen molar-refractivity contribution < 1.29 is 13.9 Å². The SMILES string of the molecule is CCOc1ccc(-c2nnc(NC(=O)C34CC5CC(CC(C5)C3)C4)o2)cc1. The summed E-state index contributed by atoms with van der Waals surface area (Å²) in [4.78, 5) is 13.1. The van der Waals surface area contributed by atoms with Crippen LogP contribution in [0.25, 0.3) is 11.5 Å². The first-order chi connectivity index (χ1) is 13.1. The maximum atomic E-state index is 13.1. The molecule has 4 aliphatic rings. The van der Waals surface area contributed by atoms with Crippen molar-refractivity contribution >= 4 is 11.9 Å². The molecule has 4 saturated carbocycles. The molecule has 4 bridgehead atoms. The number of aromatic nitrogens is 2. The Morgan fingerprint density at radius 3 is 2.33 bits per heavy atom. The highest BCUT2D eigenvalue weighted by Gasteiger charge is 2.54. The van der Waals surface area contributed by atoms with Gasteiger partial charge < -0.3 is 9.15 Å². The Kier molecular flexibility index (Phi) is 3.95. The second-order valence-electron chi connectivity index (χ2n) is 8.52. The van der Waals surface area contributed by atoms with Crippen molar-refractivity contribution in [3.63, 3.8) is 0 Å². The molecule has 1 aromatic carbocycles. The normalized spacial score (nSPS) is 31.1. The summed E-state index contributed by atoms with van der Waals surface area (Å²) in [6.07, 6.45) is 7.00. The Bertz CT molecular complexity index is 807. The van der Waals surface area contributed by atoms with E-state index >= 15 is 0 Å². The van der Waals surface area contributed by atoms with Crippen molar-refractivity contribution in [1.82, 2.24) is 10.2 Å². The molecule has 1 amide bonds. The van der Waals surface area contributed by atoms with Gasteiger partial charge in [0.1, 0.15) is 5.75 Å². The van der Waals surface area contributed by atoms with E-state index in [1.54, 1.807) is 0 Å². The zero-order valence-corrected chi connectivity index (χ0v) is 15.6. The van der Waals surface area contributed by atoms with Crippen molar-refractivity contribution in [3.05, 3.63) is 24.3 Å². The average molecular weight is 367 g/mol. The fourth-order valence-corrected chi connectivity index (χ4v) is 5.87. The minimum atomic E-state index is -0.220. The molecule has 142 valence electrons. The van der Waals surface area contributed by atoms with E-state index in [2.05, 4.69) is 15.5 Å². The highest BCUT2D eigenvalue weighted by Crippen LogP contribution is 2.60. The fourth-order valence-electron chi connectivity index (χ4n) is 5.87. The van der Waals surface area contributed by atoms with Gasteiger partial charge in [-0.25, -0.2) is 0 Å². The Labute approximate surface area is 158 Å². The number of hydrogen-bond acceptors (Lipinski definition) is 5. The van der Waals surface area contributed by atoms with E-state index < -0.39 is 0 Å². The number of hydrogen-bond donors (Lipinski definition) is 1. The van der Waals surface area contributed by atoms with Crippen LogP contribution in [0.15, 0.2) is 28.7 Å². The summed E-state index contributed by atoms with van der Waals surface area (Å²) in [7, 11) is 0. The van der Waals surface area contributed by atoms with Gasteiger partial charge in [0.05, 0.1) is 12.0 Å². The molecule has 1 N–H and O–H groups in total. The van der Waals surface area contributed by atoms with E-state index in [0.717, 1.165) is 48.3 Å².